The molecule has 19 heavy (non-hydrogen) atoms. The lowest BCUT2D eigenvalue weighted by Gasteiger charge is -2.13. The number of thiocarbonyl (C=S) groups is 1. The molecular formula is C15H19N3S. The number of hydrogen-bond acceptors (Lipinski definition) is 2. The van der Waals surface area contributed by atoms with Gasteiger partial charge in [-0.2, -0.15) is 0 Å². The van der Waals surface area contributed by atoms with Crippen LogP contribution in [-0.2, 0) is 0 Å². The first-order chi connectivity index (χ1) is 9.06. The molecule has 0 aliphatic heterocycles. The van der Waals surface area contributed by atoms with Crippen LogP contribution in [0, 0.1) is 12.8 Å². The largest absolute Gasteiger partial charge is 0.362 e. The van der Waals surface area contributed by atoms with E-state index in [4.69, 9.17) is 12.2 Å². The molecule has 0 fully saturated rings. The van der Waals surface area contributed by atoms with Crippen molar-refractivity contribution in [3.63, 3.8) is 0 Å². The van der Waals surface area contributed by atoms with Crippen LogP contribution in [-0.4, -0.2) is 16.6 Å². The van der Waals surface area contributed by atoms with Crippen molar-refractivity contribution in [2.24, 2.45) is 5.92 Å². The SMILES string of the molecule is Cc1ccc2cccc(NC(=S)NCC(C)C)c2n1. The average molecular weight is 273 g/mol. The highest BCUT2D eigenvalue weighted by Crippen LogP contribution is 2.21. The van der Waals surface area contributed by atoms with Crippen LogP contribution in [0.15, 0.2) is 30.3 Å². The van der Waals surface area contributed by atoms with E-state index in [0.29, 0.717) is 11.0 Å². The molecule has 3 nitrogen and oxygen atoms in total. The van der Waals surface area contributed by atoms with Crippen LogP contribution in [0.3, 0.4) is 0 Å². The van der Waals surface area contributed by atoms with Crippen LogP contribution >= 0.6 is 12.2 Å². The van der Waals surface area contributed by atoms with Crippen molar-refractivity contribution in [1.29, 1.82) is 0 Å². The van der Waals surface area contributed by atoms with Gasteiger partial charge in [0.1, 0.15) is 0 Å². The number of anilines is 1. The van der Waals surface area contributed by atoms with Crippen LogP contribution in [0.5, 0.6) is 0 Å². The standard InChI is InChI=1S/C15H19N3S/c1-10(2)9-16-15(19)18-13-6-4-5-12-8-7-11(3)17-14(12)13/h4-8,10H,9H2,1-3H3,(H2,16,18,19). The van der Waals surface area contributed by atoms with Gasteiger partial charge in [-0.15, -0.1) is 0 Å². The Hall–Kier alpha value is -1.68. The van der Waals surface area contributed by atoms with E-state index < -0.39 is 0 Å². The van der Waals surface area contributed by atoms with E-state index in [1.807, 2.05) is 25.1 Å². The lowest BCUT2D eigenvalue weighted by molar-refractivity contribution is 0.627. The van der Waals surface area contributed by atoms with Gasteiger partial charge in [0.15, 0.2) is 5.11 Å². The number of rotatable bonds is 3. The Labute approximate surface area is 119 Å². The molecule has 0 bridgehead atoms. The van der Waals surface area contributed by atoms with Crippen molar-refractivity contribution in [1.82, 2.24) is 10.3 Å². The fourth-order valence-electron chi connectivity index (χ4n) is 1.81. The van der Waals surface area contributed by atoms with Gasteiger partial charge in [-0.1, -0.05) is 32.0 Å². The van der Waals surface area contributed by atoms with Gasteiger partial charge in [0, 0.05) is 17.6 Å². The lowest BCUT2D eigenvalue weighted by Crippen LogP contribution is -2.31. The van der Waals surface area contributed by atoms with E-state index in [0.717, 1.165) is 28.8 Å². The van der Waals surface area contributed by atoms with E-state index in [1.165, 1.54) is 0 Å². The molecular weight excluding hydrogens is 254 g/mol. The summed E-state index contributed by atoms with van der Waals surface area (Å²) in [6.45, 7) is 7.16. The van der Waals surface area contributed by atoms with E-state index >= 15 is 0 Å². The summed E-state index contributed by atoms with van der Waals surface area (Å²) in [6, 6.07) is 10.2. The predicted octanol–water partition coefficient (Wildman–Crippen LogP) is 3.49. The van der Waals surface area contributed by atoms with Gasteiger partial charge in [-0.05, 0) is 37.2 Å². The highest BCUT2D eigenvalue weighted by Gasteiger charge is 2.04. The summed E-state index contributed by atoms with van der Waals surface area (Å²) in [5, 5.41) is 8.18. The van der Waals surface area contributed by atoms with Crippen molar-refractivity contribution in [2.45, 2.75) is 20.8 Å². The zero-order valence-electron chi connectivity index (χ0n) is 11.5. The molecule has 0 amide bonds. The maximum atomic E-state index is 5.30. The second kappa shape index (κ2) is 5.97. The topological polar surface area (TPSA) is 37.0 Å². The Balaban J connectivity index is 2.20. The summed E-state index contributed by atoms with van der Waals surface area (Å²) in [7, 11) is 0. The third kappa shape index (κ3) is 3.64. The maximum Gasteiger partial charge on any atom is 0.170 e. The van der Waals surface area contributed by atoms with E-state index in [9.17, 15) is 0 Å². The third-order valence-electron chi connectivity index (χ3n) is 2.78. The number of hydrogen-bond donors (Lipinski definition) is 2. The molecule has 100 valence electrons. The summed E-state index contributed by atoms with van der Waals surface area (Å²) in [5.41, 5.74) is 2.90. The first-order valence-corrected chi connectivity index (χ1v) is 6.88. The smallest absolute Gasteiger partial charge is 0.170 e. The Bertz CT molecular complexity index is 593. The summed E-state index contributed by atoms with van der Waals surface area (Å²) in [5.74, 6) is 0.563. The minimum Gasteiger partial charge on any atom is -0.362 e. The minimum absolute atomic E-state index is 0.563. The Morgan fingerprint density at radius 1 is 1.26 bits per heavy atom. The second-order valence-electron chi connectivity index (χ2n) is 5.06. The monoisotopic (exact) mass is 273 g/mol. The van der Waals surface area contributed by atoms with E-state index in [2.05, 4.69) is 41.6 Å². The van der Waals surface area contributed by atoms with Gasteiger partial charge in [0.2, 0.25) is 0 Å². The van der Waals surface area contributed by atoms with Gasteiger partial charge in [-0.25, -0.2) is 0 Å². The van der Waals surface area contributed by atoms with Crippen LogP contribution in [0.1, 0.15) is 19.5 Å². The quantitative estimate of drug-likeness (QED) is 0.840. The molecule has 1 aromatic heterocycles. The molecule has 0 spiro atoms. The van der Waals surface area contributed by atoms with Crippen LogP contribution in [0.4, 0.5) is 5.69 Å². The third-order valence-corrected chi connectivity index (χ3v) is 3.02. The Morgan fingerprint density at radius 2 is 2.05 bits per heavy atom. The number of pyridine rings is 1. The van der Waals surface area contributed by atoms with Crippen molar-refractivity contribution in [3.05, 3.63) is 36.0 Å². The number of para-hydroxylation sites is 1. The number of fused-ring (bicyclic) bond motifs is 1. The molecule has 1 heterocycles. The zero-order valence-corrected chi connectivity index (χ0v) is 12.3. The predicted molar refractivity (Wildman–Crippen MR) is 85.5 cm³/mol. The number of aromatic nitrogens is 1. The van der Waals surface area contributed by atoms with Gasteiger partial charge in [0.25, 0.3) is 0 Å². The van der Waals surface area contributed by atoms with Gasteiger partial charge in [-0.3, -0.25) is 4.98 Å². The van der Waals surface area contributed by atoms with Gasteiger partial charge < -0.3 is 10.6 Å². The van der Waals surface area contributed by atoms with E-state index in [1.54, 1.807) is 0 Å². The molecule has 0 aliphatic carbocycles. The van der Waals surface area contributed by atoms with E-state index in [-0.39, 0.29) is 0 Å². The van der Waals surface area contributed by atoms with Crippen molar-refractivity contribution >= 4 is 33.9 Å². The minimum atomic E-state index is 0.563. The fraction of sp³-hybridized carbons (Fsp3) is 0.333. The van der Waals surface area contributed by atoms with Crippen molar-refractivity contribution in [3.8, 4) is 0 Å². The van der Waals surface area contributed by atoms with Crippen molar-refractivity contribution < 1.29 is 0 Å². The molecule has 0 radical (unpaired) electrons. The first-order valence-electron chi connectivity index (χ1n) is 6.47. The van der Waals surface area contributed by atoms with Gasteiger partial charge in [0.05, 0.1) is 11.2 Å². The van der Waals surface area contributed by atoms with Crippen LogP contribution in [0.25, 0.3) is 10.9 Å². The Morgan fingerprint density at radius 3 is 2.79 bits per heavy atom. The van der Waals surface area contributed by atoms with Crippen LogP contribution in [0.2, 0.25) is 0 Å². The number of benzene rings is 1. The summed E-state index contributed by atoms with van der Waals surface area (Å²) in [4.78, 5) is 4.57. The van der Waals surface area contributed by atoms with Gasteiger partial charge >= 0.3 is 0 Å². The second-order valence-corrected chi connectivity index (χ2v) is 5.47. The van der Waals surface area contributed by atoms with Crippen LogP contribution < -0.4 is 10.6 Å². The Kier molecular flexibility index (Phi) is 4.32. The fourth-order valence-corrected chi connectivity index (χ4v) is 2.00. The highest BCUT2D eigenvalue weighted by atomic mass is 32.1. The number of aryl methyl sites for hydroxylation is 1. The first kappa shape index (κ1) is 13.7. The lowest BCUT2D eigenvalue weighted by atomic mass is 10.2. The number of nitrogens with one attached hydrogen (secondary N) is 2. The molecule has 2 N–H and O–H groups in total. The molecule has 2 rings (SSSR count). The molecule has 0 atom stereocenters. The zero-order chi connectivity index (χ0) is 13.8. The summed E-state index contributed by atoms with van der Waals surface area (Å²) < 4.78 is 0. The molecule has 0 unspecified atom stereocenters. The molecule has 2 aromatic rings. The number of nitrogens with zero attached hydrogens (tertiary/aromatic N) is 1. The maximum absolute atomic E-state index is 5.30. The van der Waals surface area contributed by atoms with Crippen molar-refractivity contribution in [2.75, 3.05) is 11.9 Å². The highest BCUT2D eigenvalue weighted by molar-refractivity contribution is 7.80. The average Bonchev–Trinajstić information content (AvgIpc) is 2.37. The normalized spacial score (nSPS) is 10.7. The molecule has 0 aliphatic rings. The molecule has 4 heteroatoms. The summed E-state index contributed by atoms with van der Waals surface area (Å²) >= 11 is 5.30. The summed E-state index contributed by atoms with van der Waals surface area (Å²) in [6.07, 6.45) is 0. The molecule has 0 saturated carbocycles. The molecule has 0 saturated heterocycles. The molecule has 1 aromatic carbocycles.